The van der Waals surface area contributed by atoms with E-state index in [2.05, 4.69) is 16.4 Å². The predicted molar refractivity (Wildman–Crippen MR) is 149 cm³/mol. The molecule has 0 atom stereocenters. The fraction of sp³-hybridized carbons (Fsp3) is 0.194. The number of hydrogen-bond donors (Lipinski definition) is 3. The first kappa shape index (κ1) is 23.6. The zero-order valence-electron chi connectivity index (χ0n) is 20.8. The predicted octanol–water partition coefficient (Wildman–Crippen LogP) is 6.31. The lowest BCUT2D eigenvalue weighted by Crippen LogP contribution is -2.61. The van der Waals surface area contributed by atoms with Gasteiger partial charge < -0.3 is 16.2 Å². The molecule has 7 nitrogen and oxygen atoms in total. The molecule has 1 aromatic heterocycles. The first-order chi connectivity index (χ1) is 18.5. The van der Waals surface area contributed by atoms with Crippen LogP contribution in [0.15, 0.2) is 78.9 Å². The number of phenolic OH excluding ortho intramolecular Hbond substituents is 1. The molecule has 6 rings (SSSR count). The summed E-state index contributed by atoms with van der Waals surface area (Å²) in [6, 6.07) is 26.1. The number of aromatic hydroxyl groups is 1. The SMILES string of the molecule is N#Cc1c(-c2ccccc2O)cc(-c2ccc(N3C(=O)c4ccccc4NC34CCCCC4)cc2)nc1N. The fourth-order valence-electron chi connectivity index (χ4n) is 5.77. The summed E-state index contributed by atoms with van der Waals surface area (Å²) in [6.45, 7) is 0. The number of rotatable bonds is 3. The number of pyridine rings is 1. The van der Waals surface area contributed by atoms with E-state index in [0.29, 0.717) is 22.4 Å². The minimum absolute atomic E-state index is 0.00317. The quantitative estimate of drug-likeness (QED) is 0.303. The van der Waals surface area contributed by atoms with Crippen molar-refractivity contribution in [3.05, 3.63) is 90.0 Å². The van der Waals surface area contributed by atoms with E-state index in [9.17, 15) is 15.2 Å². The van der Waals surface area contributed by atoms with Crippen molar-refractivity contribution >= 4 is 23.1 Å². The van der Waals surface area contributed by atoms with Crippen LogP contribution in [0.4, 0.5) is 17.2 Å². The first-order valence-electron chi connectivity index (χ1n) is 12.8. The molecule has 1 amide bonds. The maximum absolute atomic E-state index is 13.8. The molecule has 1 aliphatic heterocycles. The van der Waals surface area contributed by atoms with Gasteiger partial charge in [0.15, 0.2) is 0 Å². The number of para-hydroxylation sites is 2. The second kappa shape index (κ2) is 9.24. The number of amides is 1. The zero-order valence-corrected chi connectivity index (χ0v) is 20.8. The van der Waals surface area contributed by atoms with Gasteiger partial charge in [0, 0.05) is 28.1 Å². The number of nitrogens with one attached hydrogen (secondary N) is 1. The van der Waals surface area contributed by atoms with Crippen molar-refractivity contribution in [3.8, 4) is 34.2 Å². The average molecular weight is 502 g/mol. The molecular weight excluding hydrogens is 474 g/mol. The first-order valence-corrected chi connectivity index (χ1v) is 12.8. The number of phenols is 1. The van der Waals surface area contributed by atoms with Gasteiger partial charge in [0.25, 0.3) is 5.91 Å². The molecule has 38 heavy (non-hydrogen) atoms. The van der Waals surface area contributed by atoms with Crippen LogP contribution in [0.25, 0.3) is 22.4 Å². The minimum Gasteiger partial charge on any atom is -0.507 e. The zero-order chi connectivity index (χ0) is 26.3. The van der Waals surface area contributed by atoms with Crippen molar-refractivity contribution in [1.29, 1.82) is 5.26 Å². The van der Waals surface area contributed by atoms with Crippen molar-refractivity contribution in [2.75, 3.05) is 16.0 Å². The summed E-state index contributed by atoms with van der Waals surface area (Å²) in [5.74, 6) is 0.155. The Hall–Kier alpha value is -4.83. The van der Waals surface area contributed by atoms with Crippen LogP contribution < -0.4 is 16.0 Å². The van der Waals surface area contributed by atoms with Gasteiger partial charge in [-0.2, -0.15) is 5.26 Å². The molecule has 1 spiro atoms. The molecule has 0 unspecified atom stereocenters. The number of fused-ring (bicyclic) bond motifs is 1. The van der Waals surface area contributed by atoms with Crippen LogP contribution in [0.3, 0.4) is 0 Å². The van der Waals surface area contributed by atoms with Gasteiger partial charge in [-0.15, -0.1) is 0 Å². The molecule has 1 aliphatic carbocycles. The smallest absolute Gasteiger partial charge is 0.262 e. The van der Waals surface area contributed by atoms with Gasteiger partial charge >= 0.3 is 0 Å². The molecule has 4 N–H and O–H groups in total. The maximum Gasteiger partial charge on any atom is 0.262 e. The standard InChI is InChI=1S/C31H27N5O2/c32-19-25-24(22-8-3-5-11-28(22)37)18-27(34-29(25)33)20-12-14-21(15-13-20)36-30(38)23-9-2-4-10-26(23)35-31(36)16-6-1-7-17-31/h2-5,8-15,18,35,37H,1,6-7,16-17H2,(H2,33,34). The summed E-state index contributed by atoms with van der Waals surface area (Å²) in [5.41, 5.74) is 10.7. The van der Waals surface area contributed by atoms with Crippen molar-refractivity contribution in [2.24, 2.45) is 0 Å². The van der Waals surface area contributed by atoms with Gasteiger partial charge in [-0.1, -0.05) is 48.9 Å². The topological polar surface area (TPSA) is 115 Å². The van der Waals surface area contributed by atoms with Gasteiger partial charge in [0.2, 0.25) is 0 Å². The summed E-state index contributed by atoms with van der Waals surface area (Å²) in [6.07, 6.45) is 5.04. The fourth-order valence-corrected chi connectivity index (χ4v) is 5.77. The van der Waals surface area contributed by atoms with Crippen LogP contribution in [0, 0.1) is 11.3 Å². The highest BCUT2D eigenvalue weighted by Gasteiger charge is 2.45. The van der Waals surface area contributed by atoms with Crippen molar-refractivity contribution < 1.29 is 9.90 Å². The molecule has 0 bridgehead atoms. The molecule has 7 heteroatoms. The van der Waals surface area contributed by atoms with Gasteiger partial charge in [0.1, 0.15) is 28.9 Å². The molecule has 2 heterocycles. The highest BCUT2D eigenvalue weighted by molar-refractivity contribution is 6.12. The van der Waals surface area contributed by atoms with Gasteiger partial charge in [0.05, 0.1) is 11.3 Å². The van der Waals surface area contributed by atoms with Crippen LogP contribution in [-0.2, 0) is 0 Å². The molecule has 1 fully saturated rings. The molecule has 3 aromatic carbocycles. The molecule has 188 valence electrons. The molecule has 0 saturated heterocycles. The highest BCUT2D eigenvalue weighted by atomic mass is 16.3. The summed E-state index contributed by atoms with van der Waals surface area (Å²) in [5, 5.41) is 23.8. The Morgan fingerprint density at radius 3 is 2.32 bits per heavy atom. The summed E-state index contributed by atoms with van der Waals surface area (Å²) >= 11 is 0. The van der Waals surface area contributed by atoms with Gasteiger partial charge in [-0.3, -0.25) is 9.69 Å². The lowest BCUT2D eigenvalue weighted by molar-refractivity contribution is 0.0938. The Morgan fingerprint density at radius 1 is 0.921 bits per heavy atom. The third kappa shape index (κ3) is 3.82. The Bertz CT molecular complexity index is 1580. The van der Waals surface area contributed by atoms with Crippen molar-refractivity contribution in [3.63, 3.8) is 0 Å². The van der Waals surface area contributed by atoms with E-state index in [-0.39, 0.29) is 23.0 Å². The van der Waals surface area contributed by atoms with Crippen molar-refractivity contribution in [1.82, 2.24) is 4.98 Å². The molecular formula is C31H27N5O2. The number of aromatic nitrogens is 1. The Kier molecular flexibility index (Phi) is 5.73. The van der Waals surface area contributed by atoms with E-state index in [0.717, 1.165) is 49.0 Å². The third-order valence-electron chi connectivity index (χ3n) is 7.61. The lowest BCUT2D eigenvalue weighted by atomic mass is 9.84. The van der Waals surface area contributed by atoms with Crippen LogP contribution >= 0.6 is 0 Å². The number of nitriles is 1. The number of carbonyl (C=O) groups is 1. The molecule has 4 aromatic rings. The Labute approximate surface area is 221 Å². The molecule has 0 radical (unpaired) electrons. The van der Waals surface area contributed by atoms with Crippen LogP contribution in [0.1, 0.15) is 48.0 Å². The number of nitrogens with two attached hydrogens (primary N) is 1. The maximum atomic E-state index is 13.8. The Morgan fingerprint density at radius 2 is 1.61 bits per heavy atom. The number of nitrogens with zero attached hydrogens (tertiary/aromatic N) is 3. The third-order valence-corrected chi connectivity index (χ3v) is 7.61. The number of nitrogen functional groups attached to an aromatic ring is 1. The van der Waals surface area contributed by atoms with Crippen LogP contribution in [0.5, 0.6) is 5.75 Å². The van der Waals surface area contributed by atoms with Gasteiger partial charge in [-0.05, 0) is 62.1 Å². The summed E-state index contributed by atoms with van der Waals surface area (Å²) in [7, 11) is 0. The molecule has 2 aliphatic rings. The highest BCUT2D eigenvalue weighted by Crippen LogP contribution is 2.43. The second-order valence-electron chi connectivity index (χ2n) is 9.89. The van der Waals surface area contributed by atoms with E-state index in [1.807, 2.05) is 53.4 Å². The van der Waals surface area contributed by atoms with Gasteiger partial charge in [-0.25, -0.2) is 4.98 Å². The van der Waals surface area contributed by atoms with Crippen LogP contribution in [-0.4, -0.2) is 21.7 Å². The number of benzene rings is 3. The number of anilines is 3. The van der Waals surface area contributed by atoms with Crippen LogP contribution in [0.2, 0.25) is 0 Å². The van der Waals surface area contributed by atoms with E-state index in [1.165, 1.54) is 0 Å². The normalized spacial score (nSPS) is 16.0. The number of hydrogen-bond acceptors (Lipinski definition) is 6. The largest absolute Gasteiger partial charge is 0.507 e. The second-order valence-corrected chi connectivity index (χ2v) is 9.89. The molecule has 1 saturated carbocycles. The number of carbonyl (C=O) groups excluding carboxylic acids is 1. The monoisotopic (exact) mass is 501 g/mol. The summed E-state index contributed by atoms with van der Waals surface area (Å²) in [4.78, 5) is 20.2. The lowest BCUT2D eigenvalue weighted by Gasteiger charge is -2.50. The van der Waals surface area contributed by atoms with E-state index < -0.39 is 5.66 Å². The van der Waals surface area contributed by atoms with Crippen molar-refractivity contribution in [2.45, 2.75) is 37.8 Å². The Balaban J connectivity index is 1.41. The summed E-state index contributed by atoms with van der Waals surface area (Å²) < 4.78 is 0. The average Bonchev–Trinajstić information content (AvgIpc) is 2.94. The van der Waals surface area contributed by atoms with E-state index in [4.69, 9.17) is 5.73 Å². The van der Waals surface area contributed by atoms with E-state index in [1.54, 1.807) is 30.3 Å². The minimum atomic E-state index is -0.458. The van der Waals surface area contributed by atoms with E-state index >= 15 is 0 Å².